The summed E-state index contributed by atoms with van der Waals surface area (Å²) in [5, 5.41) is 10.9. The summed E-state index contributed by atoms with van der Waals surface area (Å²) in [6, 6.07) is 4.93. The van der Waals surface area contributed by atoms with Crippen LogP contribution in [0, 0.1) is 10.1 Å². The van der Waals surface area contributed by atoms with Crippen molar-refractivity contribution in [2.45, 2.75) is 58.4 Å². The highest BCUT2D eigenvalue weighted by atomic mass is 16.7. The lowest BCUT2D eigenvalue weighted by Gasteiger charge is -2.43. The number of carbonyl (C=O) groups excluding carboxylic acids is 4. The molecular formula is C20H23NO12. The normalized spacial score (nSPS) is 24.2. The van der Waals surface area contributed by atoms with Crippen LogP contribution in [0.2, 0.25) is 0 Å². The smallest absolute Gasteiger partial charge is 0.303 e. The van der Waals surface area contributed by atoms with Crippen LogP contribution in [0.4, 0.5) is 5.69 Å². The molecule has 5 atom stereocenters. The fourth-order valence-corrected chi connectivity index (χ4v) is 3.06. The van der Waals surface area contributed by atoms with Gasteiger partial charge in [0, 0.05) is 39.8 Å². The molecule has 0 amide bonds. The summed E-state index contributed by atoms with van der Waals surface area (Å²) in [6.45, 7) is 4.05. The quantitative estimate of drug-likeness (QED) is 0.230. The van der Waals surface area contributed by atoms with Crippen LogP contribution in [-0.2, 0) is 42.9 Å². The zero-order valence-corrected chi connectivity index (χ0v) is 18.2. The maximum atomic E-state index is 11.8. The average molecular weight is 469 g/mol. The van der Waals surface area contributed by atoms with Crippen LogP contribution < -0.4 is 4.74 Å². The number of benzene rings is 1. The molecule has 0 aliphatic carbocycles. The molecule has 1 aromatic rings. The van der Waals surface area contributed by atoms with Gasteiger partial charge in [-0.25, -0.2) is 0 Å². The first kappa shape index (κ1) is 25.5. The second-order valence-corrected chi connectivity index (χ2v) is 6.94. The van der Waals surface area contributed by atoms with Crippen molar-refractivity contribution in [1.29, 1.82) is 0 Å². The van der Waals surface area contributed by atoms with Crippen molar-refractivity contribution in [3.05, 3.63) is 34.4 Å². The lowest BCUT2D eigenvalue weighted by molar-refractivity contribution is -0.384. The number of hydrogen-bond acceptors (Lipinski definition) is 12. The lowest BCUT2D eigenvalue weighted by atomic mass is 9.98. The Morgan fingerprint density at radius 1 is 0.848 bits per heavy atom. The molecule has 0 aromatic heterocycles. The summed E-state index contributed by atoms with van der Waals surface area (Å²) in [6.07, 6.45) is -6.69. The maximum absolute atomic E-state index is 11.8. The van der Waals surface area contributed by atoms with Gasteiger partial charge in [0.1, 0.15) is 18.5 Å². The first-order valence-corrected chi connectivity index (χ1v) is 9.69. The largest absolute Gasteiger partial charge is 0.463 e. The van der Waals surface area contributed by atoms with Crippen molar-refractivity contribution in [2.24, 2.45) is 0 Å². The second-order valence-electron chi connectivity index (χ2n) is 6.94. The molecule has 1 heterocycles. The van der Waals surface area contributed by atoms with Crippen LogP contribution in [0.5, 0.6) is 5.75 Å². The topological polar surface area (TPSA) is 167 Å². The van der Waals surface area contributed by atoms with E-state index in [1.165, 1.54) is 24.3 Å². The van der Waals surface area contributed by atoms with Crippen LogP contribution >= 0.6 is 0 Å². The van der Waals surface area contributed by atoms with Crippen LogP contribution in [0.3, 0.4) is 0 Å². The van der Waals surface area contributed by atoms with Crippen LogP contribution in [0.15, 0.2) is 24.3 Å². The number of carbonyl (C=O) groups is 4. The molecule has 13 heteroatoms. The number of rotatable bonds is 8. The summed E-state index contributed by atoms with van der Waals surface area (Å²) in [4.78, 5) is 56.8. The molecule has 1 saturated heterocycles. The fraction of sp³-hybridized carbons (Fsp3) is 0.500. The minimum absolute atomic E-state index is 0.0986. The number of nitrogens with zero attached hydrogens (tertiary/aromatic N) is 1. The zero-order valence-electron chi connectivity index (χ0n) is 18.2. The van der Waals surface area contributed by atoms with Crippen molar-refractivity contribution in [2.75, 3.05) is 6.61 Å². The molecule has 1 aliphatic heterocycles. The molecule has 1 fully saturated rings. The van der Waals surface area contributed by atoms with Gasteiger partial charge in [-0.3, -0.25) is 29.3 Å². The lowest BCUT2D eigenvalue weighted by Crippen LogP contribution is -2.63. The second kappa shape index (κ2) is 11.2. The Labute approximate surface area is 188 Å². The van der Waals surface area contributed by atoms with Gasteiger partial charge in [-0.15, -0.1) is 0 Å². The standard InChI is InChI=1S/C20H23NO12/c1-10(22)28-9-16-17(29-11(2)23)18(30-12(3)24)19(31-13(4)25)20(33-16)32-15-7-5-14(6-8-15)21(26)27/h5-8,16-20H,9H2,1-4H3/t16-,17-,18-,19-,20+/m0/s1. The Morgan fingerprint density at radius 2 is 1.36 bits per heavy atom. The Hall–Kier alpha value is -3.74. The van der Waals surface area contributed by atoms with E-state index in [1.54, 1.807) is 0 Å². The molecule has 0 unspecified atom stereocenters. The van der Waals surface area contributed by atoms with Gasteiger partial charge >= 0.3 is 23.9 Å². The van der Waals surface area contributed by atoms with E-state index in [1.807, 2.05) is 0 Å². The molecular weight excluding hydrogens is 446 g/mol. The summed E-state index contributed by atoms with van der Waals surface area (Å²) in [5.41, 5.74) is -0.191. The summed E-state index contributed by atoms with van der Waals surface area (Å²) < 4.78 is 32.3. The van der Waals surface area contributed by atoms with E-state index in [9.17, 15) is 29.3 Å². The molecule has 33 heavy (non-hydrogen) atoms. The highest BCUT2D eigenvalue weighted by Crippen LogP contribution is 2.31. The Balaban J connectivity index is 2.43. The predicted molar refractivity (Wildman–Crippen MR) is 106 cm³/mol. The van der Waals surface area contributed by atoms with Gasteiger partial charge in [-0.2, -0.15) is 0 Å². The minimum atomic E-state index is -1.42. The van der Waals surface area contributed by atoms with Gasteiger partial charge in [0.05, 0.1) is 4.92 Å². The third-order valence-corrected chi connectivity index (χ3v) is 4.25. The molecule has 0 saturated carbocycles. The molecule has 0 radical (unpaired) electrons. The number of ether oxygens (including phenoxy) is 6. The van der Waals surface area contributed by atoms with Crippen molar-refractivity contribution in [3.8, 4) is 5.75 Å². The molecule has 0 spiro atoms. The monoisotopic (exact) mass is 469 g/mol. The van der Waals surface area contributed by atoms with Crippen molar-refractivity contribution < 1.29 is 52.5 Å². The fourth-order valence-electron chi connectivity index (χ4n) is 3.06. The first-order chi connectivity index (χ1) is 15.5. The summed E-state index contributed by atoms with van der Waals surface area (Å²) in [7, 11) is 0. The third-order valence-electron chi connectivity index (χ3n) is 4.25. The predicted octanol–water partition coefficient (Wildman–Crippen LogP) is 1.06. The van der Waals surface area contributed by atoms with Crippen LogP contribution in [-0.4, -0.2) is 66.1 Å². The van der Waals surface area contributed by atoms with E-state index in [0.717, 1.165) is 27.7 Å². The van der Waals surface area contributed by atoms with Gasteiger partial charge < -0.3 is 28.4 Å². The van der Waals surface area contributed by atoms with E-state index in [-0.39, 0.29) is 11.4 Å². The van der Waals surface area contributed by atoms with Gasteiger partial charge in [0.2, 0.25) is 12.4 Å². The molecule has 180 valence electrons. The van der Waals surface area contributed by atoms with Crippen LogP contribution in [0.1, 0.15) is 27.7 Å². The summed E-state index contributed by atoms with van der Waals surface area (Å²) >= 11 is 0. The molecule has 13 nitrogen and oxygen atoms in total. The SMILES string of the molecule is CC(=O)OC[C@@H]1O[C@@H](Oc2ccc([N+](=O)[O-])cc2)[C@@H](OC(C)=O)[C@@H](OC(C)=O)[C@H]1OC(C)=O. The first-order valence-electron chi connectivity index (χ1n) is 9.69. The molecule has 1 aliphatic rings. The van der Waals surface area contributed by atoms with Crippen molar-refractivity contribution in [3.63, 3.8) is 0 Å². The van der Waals surface area contributed by atoms with E-state index in [2.05, 4.69) is 0 Å². The highest BCUT2D eigenvalue weighted by Gasteiger charge is 2.53. The van der Waals surface area contributed by atoms with Gasteiger partial charge in [0.25, 0.3) is 5.69 Å². The zero-order chi connectivity index (χ0) is 24.7. The average Bonchev–Trinajstić information content (AvgIpc) is 2.70. The summed E-state index contributed by atoms with van der Waals surface area (Å²) in [5.74, 6) is -2.87. The Morgan fingerprint density at radius 3 is 1.85 bits per heavy atom. The minimum Gasteiger partial charge on any atom is -0.463 e. The highest BCUT2D eigenvalue weighted by molar-refractivity contribution is 5.68. The number of nitro benzene ring substituents is 1. The number of non-ortho nitro benzene ring substituents is 1. The van der Waals surface area contributed by atoms with E-state index in [0.29, 0.717) is 0 Å². The maximum Gasteiger partial charge on any atom is 0.303 e. The molecule has 0 bridgehead atoms. The van der Waals surface area contributed by atoms with E-state index in [4.69, 9.17) is 28.4 Å². The molecule has 2 rings (SSSR count). The van der Waals surface area contributed by atoms with Gasteiger partial charge in [0.15, 0.2) is 12.2 Å². The van der Waals surface area contributed by atoms with Crippen molar-refractivity contribution in [1.82, 2.24) is 0 Å². The van der Waals surface area contributed by atoms with Gasteiger partial charge in [-0.05, 0) is 12.1 Å². The number of hydrogen-bond donors (Lipinski definition) is 0. The number of esters is 4. The Kier molecular flexibility index (Phi) is 8.68. The third kappa shape index (κ3) is 7.42. The van der Waals surface area contributed by atoms with E-state index < -0.39 is 66.1 Å². The van der Waals surface area contributed by atoms with Crippen LogP contribution in [0.25, 0.3) is 0 Å². The number of nitro groups is 1. The van der Waals surface area contributed by atoms with Gasteiger partial charge in [-0.1, -0.05) is 0 Å². The van der Waals surface area contributed by atoms with Crippen molar-refractivity contribution >= 4 is 29.6 Å². The molecule has 0 N–H and O–H groups in total. The molecule has 1 aromatic carbocycles. The Bertz CT molecular complexity index is 899. The van der Waals surface area contributed by atoms with E-state index >= 15 is 0 Å².